The summed E-state index contributed by atoms with van der Waals surface area (Å²) in [6.45, 7) is 7.31. The summed E-state index contributed by atoms with van der Waals surface area (Å²) < 4.78 is 13.4. The van der Waals surface area contributed by atoms with Gasteiger partial charge >= 0.3 is 0 Å². The molecule has 1 aromatic heterocycles. The molecule has 0 N–H and O–H groups in total. The maximum Gasteiger partial charge on any atom is 0.272 e. The smallest absolute Gasteiger partial charge is 0.272 e. The van der Waals surface area contributed by atoms with Crippen molar-refractivity contribution in [3.05, 3.63) is 47.2 Å². The highest BCUT2D eigenvalue weighted by Gasteiger charge is 2.36. The van der Waals surface area contributed by atoms with E-state index >= 15 is 0 Å². The van der Waals surface area contributed by atoms with Gasteiger partial charge in [-0.15, -0.1) is 0 Å². The van der Waals surface area contributed by atoms with E-state index < -0.39 is 0 Å². The van der Waals surface area contributed by atoms with Gasteiger partial charge in [0.25, 0.3) is 5.91 Å². The first-order valence-electron chi connectivity index (χ1n) is 11.5. The Morgan fingerprint density at radius 2 is 1.97 bits per heavy atom. The number of likely N-dealkylation sites (tertiary alicyclic amines) is 1. The third-order valence-corrected chi connectivity index (χ3v) is 6.45. The monoisotopic (exact) mass is 474 g/mol. The fraction of sp³-hybridized carbons (Fsp3) is 0.542. The van der Waals surface area contributed by atoms with Crippen LogP contribution >= 0.6 is 11.6 Å². The normalized spacial score (nSPS) is 21.3. The number of carbonyl (C=O) groups excluding carboxylic acids is 2. The molecule has 0 saturated carbocycles. The Bertz CT molecular complexity index is 973. The van der Waals surface area contributed by atoms with Crippen LogP contribution in [0.15, 0.2) is 36.5 Å². The van der Waals surface area contributed by atoms with Crippen LogP contribution in [0, 0.1) is 5.92 Å². The molecule has 0 bridgehead atoms. The van der Waals surface area contributed by atoms with Gasteiger partial charge in [0.2, 0.25) is 5.91 Å². The third kappa shape index (κ3) is 5.68. The number of piperidine rings is 1. The van der Waals surface area contributed by atoms with Gasteiger partial charge in [-0.25, -0.2) is 0 Å². The molecule has 2 atom stereocenters. The van der Waals surface area contributed by atoms with Crippen molar-refractivity contribution in [2.75, 3.05) is 39.4 Å². The zero-order valence-electron chi connectivity index (χ0n) is 19.2. The summed E-state index contributed by atoms with van der Waals surface area (Å²) in [7, 11) is 0. The summed E-state index contributed by atoms with van der Waals surface area (Å²) >= 11 is 6.13. The number of rotatable bonds is 6. The zero-order valence-corrected chi connectivity index (χ0v) is 19.9. The Kier molecular flexibility index (Phi) is 7.55. The van der Waals surface area contributed by atoms with Crippen LogP contribution in [-0.2, 0) is 9.53 Å². The summed E-state index contributed by atoms with van der Waals surface area (Å²) in [6, 6.07) is 9.13. The lowest BCUT2D eigenvalue weighted by atomic mass is 9.90. The third-order valence-electron chi connectivity index (χ3n) is 6.21. The highest BCUT2D eigenvalue weighted by molar-refractivity contribution is 6.30. The van der Waals surface area contributed by atoms with E-state index in [1.807, 2.05) is 35.8 Å². The summed E-state index contributed by atoms with van der Waals surface area (Å²) in [5.41, 5.74) is 0.567. The largest absolute Gasteiger partial charge is 0.490 e. The van der Waals surface area contributed by atoms with Crippen LogP contribution in [0.5, 0.6) is 5.75 Å². The van der Waals surface area contributed by atoms with Gasteiger partial charge < -0.3 is 19.3 Å². The van der Waals surface area contributed by atoms with Crippen molar-refractivity contribution in [1.82, 2.24) is 19.6 Å². The predicted molar refractivity (Wildman–Crippen MR) is 125 cm³/mol. The minimum Gasteiger partial charge on any atom is -0.490 e. The molecule has 4 rings (SSSR count). The van der Waals surface area contributed by atoms with Gasteiger partial charge in [-0.2, -0.15) is 5.10 Å². The highest BCUT2D eigenvalue weighted by atomic mass is 35.5. The first-order chi connectivity index (χ1) is 15.9. The second-order valence-corrected chi connectivity index (χ2v) is 9.30. The minimum atomic E-state index is -0.187. The molecule has 0 spiro atoms. The molecule has 2 amide bonds. The number of amides is 2. The van der Waals surface area contributed by atoms with Crippen molar-refractivity contribution < 1.29 is 19.1 Å². The molecule has 9 heteroatoms. The minimum absolute atomic E-state index is 0.0637. The second-order valence-electron chi connectivity index (χ2n) is 8.87. The maximum atomic E-state index is 13.3. The van der Waals surface area contributed by atoms with E-state index in [1.54, 1.807) is 29.1 Å². The van der Waals surface area contributed by atoms with Crippen molar-refractivity contribution >= 4 is 23.4 Å². The zero-order chi connectivity index (χ0) is 23.4. The van der Waals surface area contributed by atoms with E-state index in [4.69, 9.17) is 21.1 Å². The molecule has 2 aliphatic heterocycles. The van der Waals surface area contributed by atoms with Crippen LogP contribution in [0.4, 0.5) is 0 Å². The molecular formula is C24H31ClN4O4. The van der Waals surface area contributed by atoms with E-state index in [9.17, 15) is 9.59 Å². The SMILES string of the molecule is CC(C)n1nccc1C(=O)N1CC[C@H](Oc2cccc(Cl)c2)[C@@H](CC(=O)N2CCOCC2)C1. The van der Waals surface area contributed by atoms with Gasteiger partial charge in [-0.1, -0.05) is 17.7 Å². The van der Waals surface area contributed by atoms with E-state index in [0.717, 1.165) is 0 Å². The molecule has 2 saturated heterocycles. The van der Waals surface area contributed by atoms with Crippen LogP contribution in [0.3, 0.4) is 0 Å². The van der Waals surface area contributed by atoms with Gasteiger partial charge in [-0.05, 0) is 38.1 Å². The first kappa shape index (κ1) is 23.6. The molecule has 2 fully saturated rings. The number of carbonyl (C=O) groups is 2. The Labute approximate surface area is 199 Å². The van der Waals surface area contributed by atoms with Crippen molar-refractivity contribution in [3.8, 4) is 5.75 Å². The number of hydrogen-bond acceptors (Lipinski definition) is 5. The number of halogens is 1. The van der Waals surface area contributed by atoms with Gasteiger partial charge in [-0.3, -0.25) is 14.3 Å². The molecule has 2 aliphatic rings. The maximum absolute atomic E-state index is 13.3. The average molecular weight is 475 g/mol. The number of aromatic nitrogens is 2. The Hall–Kier alpha value is -2.58. The molecule has 2 aromatic rings. The van der Waals surface area contributed by atoms with Gasteiger partial charge in [0, 0.05) is 62.2 Å². The van der Waals surface area contributed by atoms with Crippen molar-refractivity contribution in [1.29, 1.82) is 0 Å². The summed E-state index contributed by atoms with van der Waals surface area (Å²) in [4.78, 5) is 30.0. The Balaban J connectivity index is 1.51. The molecular weight excluding hydrogens is 444 g/mol. The van der Waals surface area contributed by atoms with Gasteiger partial charge in [0.1, 0.15) is 17.5 Å². The molecule has 0 unspecified atom stereocenters. The quantitative estimate of drug-likeness (QED) is 0.642. The van der Waals surface area contributed by atoms with E-state index in [2.05, 4.69) is 5.10 Å². The lowest BCUT2D eigenvalue weighted by Gasteiger charge is -2.39. The summed E-state index contributed by atoms with van der Waals surface area (Å²) in [6.07, 6.45) is 2.42. The van der Waals surface area contributed by atoms with Crippen molar-refractivity contribution in [2.45, 2.75) is 38.8 Å². The van der Waals surface area contributed by atoms with Crippen molar-refractivity contribution in [3.63, 3.8) is 0 Å². The Morgan fingerprint density at radius 1 is 1.18 bits per heavy atom. The predicted octanol–water partition coefficient (Wildman–Crippen LogP) is 3.28. The number of hydrogen-bond donors (Lipinski definition) is 0. The topological polar surface area (TPSA) is 76.9 Å². The number of nitrogens with zero attached hydrogens (tertiary/aromatic N) is 4. The summed E-state index contributed by atoms with van der Waals surface area (Å²) in [5.74, 6) is 0.553. The van der Waals surface area contributed by atoms with Crippen LogP contribution in [-0.4, -0.2) is 76.9 Å². The molecule has 0 radical (unpaired) electrons. The standard InChI is InChI=1S/C24H31ClN4O4/c1-17(2)29-21(6-8-26-29)24(31)28-9-7-22(33-20-5-3-4-19(25)15-20)18(16-28)14-23(30)27-10-12-32-13-11-27/h3-6,8,15,17-18,22H,7,9-14,16H2,1-2H3/t18-,22-/m0/s1. The molecule has 1 aromatic carbocycles. The molecule has 33 heavy (non-hydrogen) atoms. The van der Waals surface area contributed by atoms with Crippen LogP contribution in [0.1, 0.15) is 43.2 Å². The van der Waals surface area contributed by atoms with Crippen LogP contribution in [0.2, 0.25) is 5.02 Å². The summed E-state index contributed by atoms with van der Waals surface area (Å²) in [5, 5.41) is 4.90. The first-order valence-corrected chi connectivity index (χ1v) is 11.9. The number of benzene rings is 1. The molecule has 3 heterocycles. The molecule has 8 nitrogen and oxygen atoms in total. The average Bonchev–Trinajstić information content (AvgIpc) is 3.31. The Morgan fingerprint density at radius 3 is 2.70 bits per heavy atom. The van der Waals surface area contributed by atoms with Crippen LogP contribution < -0.4 is 4.74 Å². The van der Waals surface area contributed by atoms with E-state index in [0.29, 0.717) is 68.7 Å². The van der Waals surface area contributed by atoms with E-state index in [1.165, 1.54) is 0 Å². The molecule has 0 aliphatic carbocycles. The van der Waals surface area contributed by atoms with Gasteiger partial charge in [0.05, 0.1) is 13.2 Å². The van der Waals surface area contributed by atoms with Crippen LogP contribution in [0.25, 0.3) is 0 Å². The lowest BCUT2D eigenvalue weighted by Crippen LogP contribution is -2.50. The van der Waals surface area contributed by atoms with Crippen molar-refractivity contribution in [2.24, 2.45) is 5.92 Å². The number of morpholine rings is 1. The molecule has 178 valence electrons. The fourth-order valence-electron chi connectivity index (χ4n) is 4.48. The number of ether oxygens (including phenoxy) is 2. The second kappa shape index (κ2) is 10.6. The lowest BCUT2D eigenvalue weighted by molar-refractivity contribution is -0.137. The van der Waals surface area contributed by atoms with E-state index in [-0.39, 0.29) is 29.9 Å². The highest BCUT2D eigenvalue weighted by Crippen LogP contribution is 2.29. The fourth-order valence-corrected chi connectivity index (χ4v) is 4.66. The van der Waals surface area contributed by atoms with Gasteiger partial charge in [0.15, 0.2) is 0 Å².